The van der Waals surface area contributed by atoms with Crippen molar-refractivity contribution in [3.63, 3.8) is 0 Å². The van der Waals surface area contributed by atoms with Crippen LogP contribution in [0.15, 0.2) is 89.3 Å². The molecule has 4 aromatic rings. The average Bonchev–Trinajstić information content (AvgIpc) is 3.41. The highest BCUT2D eigenvalue weighted by Gasteiger charge is 2.23. The van der Waals surface area contributed by atoms with Gasteiger partial charge in [0.15, 0.2) is 5.76 Å². The molecule has 0 spiro atoms. The molecule has 1 heterocycles. The SMILES string of the molecule is CC(C)(c1ccccc1)c1ccc(OCc2ccc(C(=O)Nc3cc(OCC(F)F)cc([N+](=O)[O-])c3)o2)cc1. The van der Waals surface area contributed by atoms with Crippen molar-refractivity contribution in [1.82, 2.24) is 0 Å². The van der Waals surface area contributed by atoms with Gasteiger partial charge in [0.1, 0.15) is 30.5 Å². The maximum absolute atomic E-state index is 12.6. The van der Waals surface area contributed by atoms with Crippen molar-refractivity contribution in [3.05, 3.63) is 118 Å². The Kier molecular flexibility index (Phi) is 8.24. The number of halogens is 2. The van der Waals surface area contributed by atoms with Crippen molar-refractivity contribution >= 4 is 17.3 Å². The van der Waals surface area contributed by atoms with E-state index < -0.39 is 29.6 Å². The second kappa shape index (κ2) is 11.8. The number of nitro groups is 1. The first kappa shape index (κ1) is 27.3. The van der Waals surface area contributed by atoms with Crippen molar-refractivity contribution in [3.8, 4) is 11.5 Å². The Labute approximate surface area is 223 Å². The van der Waals surface area contributed by atoms with Gasteiger partial charge >= 0.3 is 0 Å². The van der Waals surface area contributed by atoms with Gasteiger partial charge < -0.3 is 19.2 Å². The zero-order valence-corrected chi connectivity index (χ0v) is 21.2. The number of benzene rings is 3. The molecule has 0 aliphatic heterocycles. The topological polar surface area (TPSA) is 104 Å². The molecule has 0 aliphatic carbocycles. The Bertz CT molecular complexity index is 1440. The molecule has 1 amide bonds. The maximum atomic E-state index is 12.6. The zero-order valence-electron chi connectivity index (χ0n) is 21.2. The summed E-state index contributed by atoms with van der Waals surface area (Å²) in [6.45, 7) is 3.43. The second-order valence-corrected chi connectivity index (χ2v) is 9.20. The Morgan fingerprint density at radius 3 is 2.31 bits per heavy atom. The van der Waals surface area contributed by atoms with E-state index in [1.54, 1.807) is 6.07 Å². The molecular formula is C29H26F2N2O6. The van der Waals surface area contributed by atoms with E-state index in [0.717, 1.165) is 17.7 Å². The number of carbonyl (C=O) groups is 1. The van der Waals surface area contributed by atoms with Crippen LogP contribution in [0.4, 0.5) is 20.2 Å². The molecule has 4 rings (SSSR count). The van der Waals surface area contributed by atoms with Crippen LogP contribution in [0.25, 0.3) is 0 Å². The summed E-state index contributed by atoms with van der Waals surface area (Å²) in [5, 5.41) is 13.6. The quantitative estimate of drug-likeness (QED) is 0.164. The molecule has 1 aromatic heterocycles. The van der Waals surface area contributed by atoms with E-state index in [2.05, 4.69) is 31.3 Å². The zero-order chi connectivity index (χ0) is 28.0. The van der Waals surface area contributed by atoms with E-state index in [4.69, 9.17) is 13.9 Å². The molecular weight excluding hydrogens is 510 g/mol. The van der Waals surface area contributed by atoms with E-state index in [1.807, 2.05) is 42.5 Å². The molecule has 0 fully saturated rings. The first-order valence-electron chi connectivity index (χ1n) is 12.0. The molecule has 0 unspecified atom stereocenters. The molecule has 8 nitrogen and oxygen atoms in total. The van der Waals surface area contributed by atoms with Gasteiger partial charge in [0.2, 0.25) is 0 Å². The number of nitro benzene ring substituents is 1. The van der Waals surface area contributed by atoms with Gasteiger partial charge in [0.05, 0.1) is 16.7 Å². The number of ether oxygens (including phenoxy) is 2. The van der Waals surface area contributed by atoms with Crippen LogP contribution in [0.3, 0.4) is 0 Å². The minimum Gasteiger partial charge on any atom is -0.487 e. The summed E-state index contributed by atoms with van der Waals surface area (Å²) in [5.41, 5.74) is 1.71. The summed E-state index contributed by atoms with van der Waals surface area (Å²) in [6.07, 6.45) is -2.76. The van der Waals surface area contributed by atoms with Gasteiger partial charge in [0, 0.05) is 17.5 Å². The number of hydrogen-bond acceptors (Lipinski definition) is 6. The number of carbonyl (C=O) groups excluding carboxylic acids is 1. The van der Waals surface area contributed by atoms with Crippen molar-refractivity contribution in [1.29, 1.82) is 0 Å². The summed E-state index contributed by atoms with van der Waals surface area (Å²) in [5.74, 6) is 0.0856. The molecule has 39 heavy (non-hydrogen) atoms. The third kappa shape index (κ3) is 6.98. The monoisotopic (exact) mass is 536 g/mol. The van der Waals surface area contributed by atoms with Gasteiger partial charge in [0.25, 0.3) is 18.0 Å². The lowest BCUT2D eigenvalue weighted by Crippen LogP contribution is -2.18. The van der Waals surface area contributed by atoms with Crippen molar-refractivity contribution in [2.75, 3.05) is 11.9 Å². The Morgan fingerprint density at radius 1 is 0.949 bits per heavy atom. The first-order chi connectivity index (χ1) is 18.6. The fraction of sp³-hybridized carbons (Fsp3) is 0.207. The fourth-order valence-electron chi connectivity index (χ4n) is 3.92. The Balaban J connectivity index is 1.38. The number of anilines is 1. The van der Waals surface area contributed by atoms with Crippen LogP contribution >= 0.6 is 0 Å². The number of nitrogens with zero attached hydrogens (tertiary/aromatic N) is 1. The number of furan rings is 1. The lowest BCUT2D eigenvalue weighted by molar-refractivity contribution is -0.384. The van der Waals surface area contributed by atoms with Gasteiger partial charge in [-0.25, -0.2) is 8.78 Å². The summed E-state index contributed by atoms with van der Waals surface area (Å²) >= 11 is 0. The number of amides is 1. The van der Waals surface area contributed by atoms with E-state index >= 15 is 0 Å². The normalized spacial score (nSPS) is 11.3. The molecule has 1 N–H and O–H groups in total. The third-order valence-electron chi connectivity index (χ3n) is 6.07. The molecule has 3 aromatic carbocycles. The number of hydrogen-bond donors (Lipinski definition) is 1. The van der Waals surface area contributed by atoms with Crippen LogP contribution < -0.4 is 14.8 Å². The van der Waals surface area contributed by atoms with Crippen LogP contribution in [0, 0.1) is 10.1 Å². The summed E-state index contributed by atoms with van der Waals surface area (Å²) < 4.78 is 41.2. The lowest BCUT2D eigenvalue weighted by Gasteiger charge is -2.26. The minimum absolute atomic E-state index is 0.00816. The summed E-state index contributed by atoms with van der Waals surface area (Å²) in [6, 6.07) is 24.2. The minimum atomic E-state index is -2.76. The molecule has 0 atom stereocenters. The first-order valence-corrected chi connectivity index (χ1v) is 12.0. The van der Waals surface area contributed by atoms with Crippen LogP contribution in [-0.4, -0.2) is 23.9 Å². The maximum Gasteiger partial charge on any atom is 0.291 e. The summed E-state index contributed by atoms with van der Waals surface area (Å²) in [7, 11) is 0. The number of alkyl halides is 2. The van der Waals surface area contributed by atoms with E-state index in [-0.39, 0.29) is 29.2 Å². The summed E-state index contributed by atoms with van der Waals surface area (Å²) in [4.78, 5) is 23.1. The average molecular weight is 537 g/mol. The molecule has 0 bridgehead atoms. The molecule has 0 radical (unpaired) electrons. The van der Waals surface area contributed by atoms with Gasteiger partial charge in [-0.1, -0.05) is 56.3 Å². The number of rotatable bonds is 11. The van der Waals surface area contributed by atoms with Crippen LogP contribution in [-0.2, 0) is 12.0 Å². The van der Waals surface area contributed by atoms with Gasteiger partial charge in [-0.15, -0.1) is 0 Å². The standard InChI is InChI=1S/C29H26F2N2O6/c1-29(2,19-6-4-3-5-7-19)20-8-10-23(11-9-20)37-17-24-12-13-26(39-24)28(34)32-21-14-22(33(35)36)16-25(15-21)38-18-27(30)31/h3-16,27H,17-18H2,1-2H3,(H,32,34). The number of non-ortho nitro benzene ring substituents is 1. The van der Waals surface area contributed by atoms with E-state index in [9.17, 15) is 23.7 Å². The molecule has 0 saturated carbocycles. The highest BCUT2D eigenvalue weighted by atomic mass is 19.3. The predicted molar refractivity (Wildman–Crippen MR) is 141 cm³/mol. The second-order valence-electron chi connectivity index (χ2n) is 9.20. The van der Waals surface area contributed by atoms with Crippen molar-refractivity contribution in [2.45, 2.75) is 32.3 Å². The number of nitrogens with one attached hydrogen (secondary N) is 1. The fourth-order valence-corrected chi connectivity index (χ4v) is 3.92. The van der Waals surface area contributed by atoms with Gasteiger partial charge in [-0.05, 0) is 35.4 Å². The van der Waals surface area contributed by atoms with Crippen LogP contribution in [0.5, 0.6) is 11.5 Å². The van der Waals surface area contributed by atoms with Crippen molar-refractivity contribution < 1.29 is 32.4 Å². The lowest BCUT2D eigenvalue weighted by atomic mass is 9.78. The van der Waals surface area contributed by atoms with E-state index in [0.29, 0.717) is 11.5 Å². The third-order valence-corrected chi connectivity index (χ3v) is 6.07. The van der Waals surface area contributed by atoms with Gasteiger partial charge in [-0.2, -0.15) is 0 Å². The van der Waals surface area contributed by atoms with Crippen molar-refractivity contribution in [2.24, 2.45) is 0 Å². The predicted octanol–water partition coefficient (Wildman–Crippen LogP) is 6.99. The molecule has 0 saturated heterocycles. The van der Waals surface area contributed by atoms with Gasteiger partial charge in [-0.3, -0.25) is 14.9 Å². The molecule has 10 heteroatoms. The highest BCUT2D eigenvalue weighted by molar-refractivity contribution is 6.02. The molecule has 0 aliphatic rings. The Morgan fingerprint density at radius 2 is 1.64 bits per heavy atom. The van der Waals surface area contributed by atoms with Crippen LogP contribution in [0.1, 0.15) is 41.3 Å². The molecule has 202 valence electrons. The van der Waals surface area contributed by atoms with Crippen LogP contribution in [0.2, 0.25) is 0 Å². The smallest absolute Gasteiger partial charge is 0.291 e. The highest BCUT2D eigenvalue weighted by Crippen LogP contribution is 2.32. The largest absolute Gasteiger partial charge is 0.487 e. The Hall–Kier alpha value is -4.73. The van der Waals surface area contributed by atoms with E-state index in [1.165, 1.54) is 17.7 Å².